The van der Waals surface area contributed by atoms with Gasteiger partial charge in [0.25, 0.3) is 5.69 Å². The number of ether oxygens (including phenoxy) is 1. The molecule has 0 aliphatic heterocycles. The van der Waals surface area contributed by atoms with E-state index in [1.165, 1.54) is 13.2 Å². The molecule has 1 aromatic carbocycles. The highest BCUT2D eigenvalue weighted by atomic mass is 16.6. The first-order valence-electron chi connectivity index (χ1n) is 4.15. The Balaban J connectivity index is 3.10. The zero-order valence-electron chi connectivity index (χ0n) is 8.11. The van der Waals surface area contributed by atoms with E-state index >= 15 is 0 Å². The van der Waals surface area contributed by atoms with Gasteiger partial charge in [0, 0.05) is 12.1 Å². The topological polar surface area (TPSA) is 64.4 Å². The van der Waals surface area contributed by atoms with E-state index in [9.17, 15) is 10.1 Å². The van der Waals surface area contributed by atoms with E-state index < -0.39 is 4.92 Å². The smallest absolute Gasteiger partial charge is 0.277 e. The lowest BCUT2D eigenvalue weighted by molar-refractivity contribution is -0.385. The number of nitrogens with one attached hydrogen (secondary N) is 1. The first-order chi connectivity index (χ1) is 6.69. The molecule has 5 nitrogen and oxygen atoms in total. The minimum Gasteiger partial charge on any atom is -0.497 e. The molecular formula is C9H12N2O3. The summed E-state index contributed by atoms with van der Waals surface area (Å²) in [5.41, 5.74) is 0.733. The molecule has 0 saturated heterocycles. The summed E-state index contributed by atoms with van der Waals surface area (Å²) in [6.45, 7) is 0.473. The fourth-order valence-electron chi connectivity index (χ4n) is 1.18. The maximum absolute atomic E-state index is 10.7. The molecular weight excluding hydrogens is 184 g/mol. The van der Waals surface area contributed by atoms with Crippen LogP contribution in [0.15, 0.2) is 18.2 Å². The Morgan fingerprint density at radius 2 is 2.29 bits per heavy atom. The second-order valence-electron chi connectivity index (χ2n) is 2.78. The SMILES string of the molecule is CNCc1ccc(OC)cc1[N+](=O)[O-]. The van der Waals surface area contributed by atoms with Gasteiger partial charge in [-0.3, -0.25) is 10.1 Å². The summed E-state index contributed by atoms with van der Waals surface area (Å²) in [7, 11) is 3.23. The molecule has 0 spiro atoms. The molecule has 0 heterocycles. The van der Waals surface area contributed by atoms with Gasteiger partial charge in [-0.15, -0.1) is 0 Å². The highest BCUT2D eigenvalue weighted by molar-refractivity contribution is 5.45. The van der Waals surface area contributed by atoms with Gasteiger partial charge >= 0.3 is 0 Å². The Hall–Kier alpha value is -1.62. The van der Waals surface area contributed by atoms with Gasteiger partial charge in [-0.1, -0.05) is 0 Å². The molecule has 0 fully saturated rings. The summed E-state index contributed by atoms with van der Waals surface area (Å²) in [4.78, 5) is 10.3. The molecule has 0 aliphatic carbocycles. The Morgan fingerprint density at radius 1 is 1.57 bits per heavy atom. The maximum Gasteiger partial charge on any atom is 0.277 e. The van der Waals surface area contributed by atoms with Gasteiger partial charge in [0.1, 0.15) is 5.75 Å². The fourth-order valence-corrected chi connectivity index (χ4v) is 1.18. The molecule has 14 heavy (non-hydrogen) atoms. The molecule has 0 aromatic heterocycles. The number of nitro benzene ring substituents is 1. The lowest BCUT2D eigenvalue weighted by Gasteiger charge is -2.04. The molecule has 1 rings (SSSR count). The predicted octanol–water partition coefficient (Wildman–Crippen LogP) is 1.32. The van der Waals surface area contributed by atoms with Crippen LogP contribution < -0.4 is 10.1 Å². The standard InChI is InChI=1S/C9H12N2O3/c1-10-6-7-3-4-8(14-2)5-9(7)11(12)13/h3-5,10H,6H2,1-2H3. The molecule has 0 saturated carbocycles. The van der Waals surface area contributed by atoms with Gasteiger partial charge < -0.3 is 10.1 Å². The molecule has 0 amide bonds. The Labute approximate surface area is 81.8 Å². The first-order valence-corrected chi connectivity index (χ1v) is 4.15. The first kappa shape index (κ1) is 10.5. The van der Waals surface area contributed by atoms with Crippen LogP contribution in [0.3, 0.4) is 0 Å². The van der Waals surface area contributed by atoms with Crippen LogP contribution in [0.4, 0.5) is 5.69 Å². The van der Waals surface area contributed by atoms with Crippen LogP contribution in [0.1, 0.15) is 5.56 Å². The van der Waals surface area contributed by atoms with Crippen molar-refractivity contribution >= 4 is 5.69 Å². The Bertz CT molecular complexity index is 339. The zero-order chi connectivity index (χ0) is 10.6. The van der Waals surface area contributed by atoms with Crippen molar-refractivity contribution in [3.8, 4) is 5.75 Å². The normalized spacial score (nSPS) is 9.86. The minimum atomic E-state index is -0.408. The summed E-state index contributed by atoms with van der Waals surface area (Å²) in [6, 6.07) is 4.82. The van der Waals surface area contributed by atoms with E-state index in [1.54, 1.807) is 19.2 Å². The third-order valence-corrected chi connectivity index (χ3v) is 1.86. The largest absolute Gasteiger partial charge is 0.497 e. The molecule has 5 heteroatoms. The van der Waals surface area contributed by atoms with Gasteiger partial charge in [-0.05, 0) is 19.2 Å². The number of nitro groups is 1. The van der Waals surface area contributed by atoms with Crippen LogP contribution in [0.25, 0.3) is 0 Å². The van der Waals surface area contributed by atoms with Gasteiger partial charge in [0.2, 0.25) is 0 Å². The van der Waals surface area contributed by atoms with Crippen molar-refractivity contribution in [2.45, 2.75) is 6.54 Å². The van der Waals surface area contributed by atoms with Crippen LogP contribution in [0.5, 0.6) is 5.75 Å². The second kappa shape index (κ2) is 4.57. The summed E-state index contributed by atoms with van der Waals surface area (Å²) in [6.07, 6.45) is 0. The Kier molecular flexibility index (Phi) is 3.41. The lowest BCUT2D eigenvalue weighted by atomic mass is 10.1. The average Bonchev–Trinajstić information content (AvgIpc) is 2.18. The van der Waals surface area contributed by atoms with Crippen molar-refractivity contribution in [3.63, 3.8) is 0 Å². The van der Waals surface area contributed by atoms with Crippen LogP contribution in [0.2, 0.25) is 0 Å². The number of nitrogens with zero attached hydrogens (tertiary/aromatic N) is 1. The minimum absolute atomic E-state index is 0.0821. The lowest BCUT2D eigenvalue weighted by Crippen LogP contribution is -2.07. The summed E-state index contributed by atoms with van der Waals surface area (Å²) < 4.78 is 4.91. The summed E-state index contributed by atoms with van der Waals surface area (Å²) in [5.74, 6) is 0.497. The predicted molar refractivity (Wildman–Crippen MR) is 52.4 cm³/mol. The second-order valence-corrected chi connectivity index (χ2v) is 2.78. The van der Waals surface area contributed by atoms with E-state index in [-0.39, 0.29) is 5.69 Å². The van der Waals surface area contributed by atoms with Crippen molar-refractivity contribution in [1.82, 2.24) is 5.32 Å². The summed E-state index contributed by atoms with van der Waals surface area (Å²) >= 11 is 0. The van der Waals surface area contributed by atoms with Crippen LogP contribution in [0, 0.1) is 10.1 Å². The van der Waals surface area contributed by atoms with E-state index in [2.05, 4.69) is 5.32 Å². The third-order valence-electron chi connectivity index (χ3n) is 1.86. The number of rotatable bonds is 4. The highest BCUT2D eigenvalue weighted by Crippen LogP contribution is 2.24. The van der Waals surface area contributed by atoms with Crippen molar-refractivity contribution in [3.05, 3.63) is 33.9 Å². The molecule has 0 atom stereocenters. The zero-order valence-corrected chi connectivity index (χ0v) is 8.11. The molecule has 76 valence electrons. The molecule has 1 N–H and O–H groups in total. The number of hydrogen-bond donors (Lipinski definition) is 1. The summed E-state index contributed by atoms with van der Waals surface area (Å²) in [5, 5.41) is 13.6. The molecule has 0 aliphatic rings. The van der Waals surface area contributed by atoms with Crippen molar-refractivity contribution < 1.29 is 9.66 Å². The van der Waals surface area contributed by atoms with Crippen molar-refractivity contribution in [2.24, 2.45) is 0 Å². The maximum atomic E-state index is 10.7. The van der Waals surface area contributed by atoms with Crippen LogP contribution in [-0.2, 0) is 6.54 Å². The van der Waals surface area contributed by atoms with Gasteiger partial charge in [-0.2, -0.15) is 0 Å². The fraction of sp³-hybridized carbons (Fsp3) is 0.333. The number of benzene rings is 1. The number of methoxy groups -OCH3 is 1. The highest BCUT2D eigenvalue weighted by Gasteiger charge is 2.13. The van der Waals surface area contributed by atoms with Gasteiger partial charge in [0.15, 0.2) is 0 Å². The van der Waals surface area contributed by atoms with E-state index in [0.29, 0.717) is 17.9 Å². The molecule has 1 aromatic rings. The third kappa shape index (κ3) is 2.20. The van der Waals surface area contributed by atoms with E-state index in [0.717, 1.165) is 0 Å². The van der Waals surface area contributed by atoms with Gasteiger partial charge in [0.05, 0.1) is 18.1 Å². The van der Waals surface area contributed by atoms with Gasteiger partial charge in [-0.25, -0.2) is 0 Å². The Morgan fingerprint density at radius 3 is 2.79 bits per heavy atom. The van der Waals surface area contributed by atoms with E-state index in [1.807, 2.05) is 0 Å². The van der Waals surface area contributed by atoms with Crippen molar-refractivity contribution in [1.29, 1.82) is 0 Å². The quantitative estimate of drug-likeness (QED) is 0.582. The van der Waals surface area contributed by atoms with Crippen molar-refractivity contribution in [2.75, 3.05) is 14.2 Å². The number of hydrogen-bond acceptors (Lipinski definition) is 4. The monoisotopic (exact) mass is 196 g/mol. The van der Waals surface area contributed by atoms with Crippen LogP contribution >= 0.6 is 0 Å². The average molecular weight is 196 g/mol. The molecule has 0 bridgehead atoms. The molecule has 0 unspecified atom stereocenters. The van der Waals surface area contributed by atoms with Crippen LogP contribution in [-0.4, -0.2) is 19.1 Å². The van der Waals surface area contributed by atoms with E-state index in [4.69, 9.17) is 4.74 Å². The molecule has 0 radical (unpaired) electrons.